The monoisotopic (exact) mass is 288 g/mol. The summed E-state index contributed by atoms with van der Waals surface area (Å²) in [6, 6.07) is 9.86. The molecule has 0 fully saturated rings. The molecule has 0 radical (unpaired) electrons. The fourth-order valence-corrected chi connectivity index (χ4v) is 3.40. The molecule has 1 atom stereocenters. The van der Waals surface area contributed by atoms with Gasteiger partial charge in [-0.2, -0.15) is 0 Å². The Bertz CT molecular complexity index is 524. The molecule has 1 aliphatic rings. The van der Waals surface area contributed by atoms with Crippen molar-refractivity contribution in [2.45, 2.75) is 51.4 Å². The van der Waals surface area contributed by atoms with Gasteiger partial charge in [-0.15, -0.1) is 0 Å². The molecule has 1 aromatic rings. The van der Waals surface area contributed by atoms with Crippen molar-refractivity contribution in [1.82, 2.24) is 0 Å². The molecule has 0 spiro atoms. The largest absolute Gasteiger partial charge is 0.410 e. The molecule has 0 saturated carbocycles. The van der Waals surface area contributed by atoms with Gasteiger partial charge in [0.1, 0.15) is 0 Å². The van der Waals surface area contributed by atoms with Crippen LogP contribution in [0.2, 0.25) is 18.1 Å². The average molecular weight is 288 g/mol. The number of benzene rings is 1. The second-order valence-electron chi connectivity index (χ2n) is 6.99. The Morgan fingerprint density at radius 1 is 1.15 bits per heavy atom. The minimum atomic E-state index is -1.83. The molecule has 0 aromatic heterocycles. The van der Waals surface area contributed by atoms with Crippen molar-refractivity contribution in [3.8, 4) is 0 Å². The molecule has 1 unspecified atom stereocenters. The third kappa shape index (κ3) is 3.10. The van der Waals surface area contributed by atoms with Gasteiger partial charge in [0.25, 0.3) is 0 Å². The van der Waals surface area contributed by atoms with Crippen LogP contribution >= 0.6 is 0 Å². The Kier molecular flexibility index (Phi) is 4.03. The number of Topliss-reactive ketones (excluding diaryl/α,β-unsaturated/α-hetero) is 1. The molecular formula is C17H24O2Si. The molecule has 2 rings (SSSR count). The van der Waals surface area contributed by atoms with Gasteiger partial charge in [0.2, 0.25) is 0 Å². The number of allylic oxidation sites excluding steroid dienone is 1. The lowest BCUT2D eigenvalue weighted by atomic mass is 10.1. The van der Waals surface area contributed by atoms with E-state index < -0.39 is 8.32 Å². The van der Waals surface area contributed by atoms with E-state index in [1.807, 2.05) is 36.4 Å². The summed E-state index contributed by atoms with van der Waals surface area (Å²) in [4.78, 5) is 12.2. The van der Waals surface area contributed by atoms with Gasteiger partial charge in [-0.05, 0) is 29.8 Å². The first-order valence-corrected chi connectivity index (χ1v) is 10.1. The zero-order valence-electron chi connectivity index (χ0n) is 13.1. The number of carbonyl (C=O) groups excluding carboxylic acids is 1. The summed E-state index contributed by atoms with van der Waals surface area (Å²) in [7, 11) is -1.83. The number of hydrogen-bond donors (Lipinski definition) is 0. The lowest BCUT2D eigenvalue weighted by Gasteiger charge is -2.37. The minimum absolute atomic E-state index is 0.0569. The second-order valence-corrected chi connectivity index (χ2v) is 11.7. The number of hydrogen-bond acceptors (Lipinski definition) is 2. The van der Waals surface area contributed by atoms with E-state index in [9.17, 15) is 4.79 Å². The van der Waals surface area contributed by atoms with Crippen molar-refractivity contribution in [3.63, 3.8) is 0 Å². The molecule has 3 heteroatoms. The number of ketones is 1. The third-order valence-corrected chi connectivity index (χ3v) is 8.88. The Morgan fingerprint density at radius 3 is 2.30 bits per heavy atom. The summed E-state index contributed by atoms with van der Waals surface area (Å²) < 4.78 is 6.33. The number of carbonyl (C=O) groups is 1. The first-order valence-electron chi connectivity index (χ1n) is 7.19. The van der Waals surface area contributed by atoms with Gasteiger partial charge in [-0.25, -0.2) is 0 Å². The molecule has 0 amide bonds. The Balaban J connectivity index is 2.18. The van der Waals surface area contributed by atoms with Crippen molar-refractivity contribution < 1.29 is 9.22 Å². The highest BCUT2D eigenvalue weighted by molar-refractivity contribution is 6.74. The fourth-order valence-electron chi connectivity index (χ4n) is 2.14. The van der Waals surface area contributed by atoms with Crippen LogP contribution in [-0.2, 0) is 9.22 Å². The van der Waals surface area contributed by atoms with Crippen molar-refractivity contribution in [2.24, 2.45) is 0 Å². The standard InChI is InChI=1S/C17H24O2Si/c1-17(2,3)20(4,5)19-14-11-15(16(18)12-14)13-9-7-6-8-10-13/h6-11,14H,12H2,1-5H3. The Hall–Kier alpha value is -1.19. The molecule has 0 N–H and O–H groups in total. The Morgan fingerprint density at radius 2 is 1.75 bits per heavy atom. The highest BCUT2D eigenvalue weighted by Crippen LogP contribution is 2.39. The Labute approximate surface area is 123 Å². The van der Waals surface area contributed by atoms with Gasteiger partial charge in [-0.3, -0.25) is 4.79 Å². The molecule has 0 saturated heterocycles. The van der Waals surface area contributed by atoms with Crippen LogP contribution in [0.4, 0.5) is 0 Å². The molecule has 1 aromatic carbocycles. The zero-order valence-corrected chi connectivity index (χ0v) is 14.1. The maximum absolute atomic E-state index is 12.2. The maximum atomic E-state index is 12.2. The summed E-state index contributed by atoms with van der Waals surface area (Å²) in [5, 5.41) is 0.166. The number of rotatable bonds is 3. The lowest BCUT2D eigenvalue weighted by molar-refractivity contribution is -0.114. The normalized spacial score (nSPS) is 20.1. The van der Waals surface area contributed by atoms with Crippen LogP contribution in [0, 0.1) is 0 Å². The molecular weight excluding hydrogens is 264 g/mol. The van der Waals surface area contributed by atoms with Crippen LogP contribution in [0.15, 0.2) is 36.4 Å². The molecule has 0 heterocycles. The highest BCUT2D eigenvalue weighted by atomic mass is 28.4. The lowest BCUT2D eigenvalue weighted by Crippen LogP contribution is -2.43. The summed E-state index contributed by atoms with van der Waals surface area (Å²) in [6.07, 6.45) is 2.44. The van der Waals surface area contributed by atoms with Crippen molar-refractivity contribution >= 4 is 19.7 Å². The molecule has 20 heavy (non-hydrogen) atoms. The first-order chi connectivity index (χ1) is 9.21. The highest BCUT2D eigenvalue weighted by Gasteiger charge is 2.40. The van der Waals surface area contributed by atoms with Crippen molar-refractivity contribution in [3.05, 3.63) is 42.0 Å². The molecule has 1 aliphatic carbocycles. The van der Waals surface area contributed by atoms with Gasteiger partial charge in [0, 0.05) is 12.0 Å². The predicted octanol–water partition coefficient (Wildman–Crippen LogP) is 4.43. The van der Waals surface area contributed by atoms with Crippen LogP contribution in [0.1, 0.15) is 32.8 Å². The van der Waals surface area contributed by atoms with E-state index in [-0.39, 0.29) is 16.9 Å². The van der Waals surface area contributed by atoms with Crippen LogP contribution in [0.3, 0.4) is 0 Å². The van der Waals surface area contributed by atoms with E-state index in [1.54, 1.807) is 0 Å². The van der Waals surface area contributed by atoms with Crippen molar-refractivity contribution in [2.75, 3.05) is 0 Å². The van der Waals surface area contributed by atoms with Gasteiger partial charge in [-0.1, -0.05) is 51.1 Å². The average Bonchev–Trinajstić information content (AvgIpc) is 2.69. The van der Waals surface area contributed by atoms with E-state index >= 15 is 0 Å². The SMILES string of the molecule is CC(C)(C)[Si](C)(C)OC1C=C(c2ccccc2)C(=O)C1. The van der Waals surface area contributed by atoms with E-state index in [2.05, 4.69) is 33.9 Å². The van der Waals surface area contributed by atoms with E-state index in [0.717, 1.165) is 11.1 Å². The van der Waals surface area contributed by atoms with Crippen LogP contribution in [0.5, 0.6) is 0 Å². The third-order valence-electron chi connectivity index (χ3n) is 4.38. The fraction of sp³-hybridized carbons (Fsp3) is 0.471. The minimum Gasteiger partial charge on any atom is -0.410 e. The van der Waals surface area contributed by atoms with E-state index in [1.165, 1.54) is 0 Å². The first kappa shape index (κ1) is 15.2. The predicted molar refractivity (Wildman–Crippen MR) is 86.1 cm³/mol. The van der Waals surface area contributed by atoms with Crippen LogP contribution in [0.25, 0.3) is 5.57 Å². The van der Waals surface area contributed by atoms with E-state index in [4.69, 9.17) is 4.43 Å². The maximum Gasteiger partial charge on any atom is 0.192 e. The molecule has 0 bridgehead atoms. The van der Waals surface area contributed by atoms with Gasteiger partial charge >= 0.3 is 0 Å². The quantitative estimate of drug-likeness (QED) is 0.769. The van der Waals surface area contributed by atoms with Gasteiger partial charge in [0.15, 0.2) is 14.1 Å². The van der Waals surface area contributed by atoms with Gasteiger partial charge in [0.05, 0.1) is 6.10 Å². The summed E-state index contributed by atoms with van der Waals surface area (Å²) in [6.45, 7) is 11.1. The smallest absolute Gasteiger partial charge is 0.192 e. The molecule has 2 nitrogen and oxygen atoms in total. The summed E-state index contributed by atoms with van der Waals surface area (Å²) >= 11 is 0. The van der Waals surface area contributed by atoms with Gasteiger partial charge < -0.3 is 4.43 Å². The second kappa shape index (κ2) is 5.30. The summed E-state index contributed by atoms with van der Waals surface area (Å²) in [5.74, 6) is 0.194. The van der Waals surface area contributed by atoms with E-state index in [0.29, 0.717) is 6.42 Å². The van der Waals surface area contributed by atoms with Crippen LogP contribution in [-0.4, -0.2) is 20.2 Å². The molecule has 0 aliphatic heterocycles. The van der Waals surface area contributed by atoms with Crippen LogP contribution < -0.4 is 0 Å². The summed E-state index contributed by atoms with van der Waals surface area (Å²) in [5.41, 5.74) is 1.81. The van der Waals surface area contributed by atoms with Crippen molar-refractivity contribution in [1.29, 1.82) is 0 Å². The topological polar surface area (TPSA) is 26.3 Å². The zero-order chi connectivity index (χ0) is 15.0. The molecule has 108 valence electrons.